The molecule has 2 aromatic rings. The third kappa shape index (κ3) is 4.41. The highest BCUT2D eigenvalue weighted by atomic mass is 16.5. The summed E-state index contributed by atoms with van der Waals surface area (Å²) >= 11 is 0. The van der Waals surface area contributed by atoms with Crippen LogP contribution in [0.1, 0.15) is 52.6 Å². The quantitative estimate of drug-likeness (QED) is 0.579. The highest BCUT2D eigenvalue weighted by molar-refractivity contribution is 6.65. The topological polar surface area (TPSA) is 94.5 Å². The molecule has 1 heterocycles. The van der Waals surface area contributed by atoms with E-state index in [2.05, 4.69) is 10.5 Å². The van der Waals surface area contributed by atoms with Gasteiger partial charge in [-0.25, -0.2) is 5.01 Å². The summed E-state index contributed by atoms with van der Waals surface area (Å²) in [7, 11) is 2.34. The Labute approximate surface area is 182 Å². The molecule has 0 bridgehead atoms. The van der Waals surface area contributed by atoms with Crippen LogP contribution in [0.3, 0.4) is 0 Å². The van der Waals surface area contributed by atoms with Gasteiger partial charge in [-0.05, 0) is 63.0 Å². The van der Waals surface area contributed by atoms with E-state index in [1.54, 1.807) is 63.7 Å². The van der Waals surface area contributed by atoms with E-state index in [-0.39, 0.29) is 5.91 Å². The third-order valence-electron chi connectivity index (χ3n) is 5.18. The fraction of sp³-hybridized carbons (Fsp3) is 0.318. The fourth-order valence-corrected chi connectivity index (χ4v) is 3.36. The molecule has 3 rings (SSSR count). The van der Waals surface area contributed by atoms with Gasteiger partial charge in [0, 0.05) is 23.7 Å². The molecule has 2 amide bonds. The van der Waals surface area contributed by atoms with Crippen LogP contribution in [0.2, 0.25) is 0 Å². The van der Waals surface area contributed by atoms with Crippen LogP contribution in [0.25, 0.3) is 0 Å². The van der Waals surface area contributed by atoms with Gasteiger partial charge in [0.2, 0.25) is 0 Å². The van der Waals surface area contributed by atoms with Gasteiger partial charge >= 0.3 is 7.05 Å². The van der Waals surface area contributed by atoms with Gasteiger partial charge in [-0.15, -0.1) is 0 Å². The van der Waals surface area contributed by atoms with Crippen molar-refractivity contribution in [2.45, 2.75) is 33.2 Å². The Balaban J connectivity index is 1.90. The molecule has 0 aromatic heterocycles. The predicted octanol–water partition coefficient (Wildman–Crippen LogP) is 1.56. The van der Waals surface area contributed by atoms with Gasteiger partial charge in [0.05, 0.1) is 18.9 Å². The average Bonchev–Trinajstić information content (AvgIpc) is 2.73. The lowest BCUT2D eigenvalue weighted by Gasteiger charge is -2.36. The lowest BCUT2D eigenvalue weighted by Crippen LogP contribution is -2.56. The zero-order valence-corrected chi connectivity index (χ0v) is 18.6. The van der Waals surface area contributed by atoms with Gasteiger partial charge in [-0.3, -0.25) is 15.0 Å². The van der Waals surface area contributed by atoms with Crippen LogP contribution < -0.4 is 15.6 Å². The second kappa shape index (κ2) is 8.43. The van der Waals surface area contributed by atoms with E-state index in [0.717, 1.165) is 0 Å². The summed E-state index contributed by atoms with van der Waals surface area (Å²) in [5, 5.41) is 15.7. The number of carbonyl (C=O) groups is 2. The molecule has 2 N–H and O–H groups in total. The summed E-state index contributed by atoms with van der Waals surface area (Å²) in [6, 6.07) is 10.2. The summed E-state index contributed by atoms with van der Waals surface area (Å²) in [6.07, 6.45) is 1.59. The summed E-state index contributed by atoms with van der Waals surface area (Å²) in [5.74, 6) is -0.175. The van der Waals surface area contributed by atoms with E-state index < -0.39 is 18.5 Å². The predicted molar refractivity (Wildman–Crippen MR) is 121 cm³/mol. The lowest BCUT2D eigenvalue weighted by molar-refractivity contribution is 0.0357. The van der Waals surface area contributed by atoms with Crippen molar-refractivity contribution in [2.75, 3.05) is 14.2 Å². The van der Waals surface area contributed by atoms with Crippen LogP contribution in [-0.2, 0) is 0 Å². The molecule has 0 atom stereocenters. The highest BCUT2D eigenvalue weighted by Crippen LogP contribution is 2.24. The van der Waals surface area contributed by atoms with Crippen molar-refractivity contribution in [1.82, 2.24) is 15.4 Å². The van der Waals surface area contributed by atoms with Crippen LogP contribution in [0.4, 0.5) is 0 Å². The molecule has 1 aliphatic rings. The summed E-state index contributed by atoms with van der Waals surface area (Å²) in [4.78, 5) is 27.8. The van der Waals surface area contributed by atoms with Crippen molar-refractivity contribution < 1.29 is 19.3 Å². The van der Waals surface area contributed by atoms with Crippen molar-refractivity contribution in [1.29, 1.82) is 0 Å². The van der Waals surface area contributed by atoms with Crippen LogP contribution >= 0.6 is 0 Å². The third-order valence-corrected chi connectivity index (χ3v) is 5.18. The maximum atomic E-state index is 13.4. The van der Waals surface area contributed by atoms with Crippen LogP contribution in [0.15, 0.2) is 41.5 Å². The summed E-state index contributed by atoms with van der Waals surface area (Å²) in [6.45, 7) is 7.32. The first-order valence-electron chi connectivity index (χ1n) is 9.92. The Morgan fingerprint density at radius 2 is 1.94 bits per heavy atom. The molecule has 162 valence electrons. The Hall–Kier alpha value is -3.33. The van der Waals surface area contributed by atoms with Gasteiger partial charge in [-0.1, -0.05) is 12.1 Å². The van der Waals surface area contributed by atoms with Gasteiger partial charge in [0.15, 0.2) is 0 Å². The molecule has 0 spiro atoms. The van der Waals surface area contributed by atoms with E-state index in [0.29, 0.717) is 33.5 Å². The minimum Gasteiger partial charge on any atom is -0.496 e. The van der Waals surface area contributed by atoms with Crippen LogP contribution in [0, 0.1) is 6.92 Å². The maximum Gasteiger partial charge on any atom is 0.466 e. The van der Waals surface area contributed by atoms with E-state index >= 15 is 0 Å². The van der Waals surface area contributed by atoms with Gasteiger partial charge < -0.3 is 14.7 Å². The number of hydrogen-bond donors (Lipinski definition) is 2. The van der Waals surface area contributed by atoms with Crippen molar-refractivity contribution in [3.8, 4) is 5.75 Å². The standard InChI is InChI=1S/C22H27BN4O4/c1-14-17(8-7-9-19(14)31-6)21(29)27(22(2,3)4)25-20(28)15-10-11-18-16(12-15)13-24-26(5)23(18)30/h7-13,30H,1-6H3,(H,25,28). The molecule has 0 fully saturated rings. The molecule has 0 saturated carbocycles. The maximum absolute atomic E-state index is 13.4. The number of fused-ring (bicyclic) bond motifs is 1. The van der Waals surface area contributed by atoms with Gasteiger partial charge in [-0.2, -0.15) is 5.10 Å². The molecule has 0 unspecified atom stereocenters. The number of hydrazine groups is 1. The van der Waals surface area contributed by atoms with E-state index in [1.165, 1.54) is 9.93 Å². The van der Waals surface area contributed by atoms with Crippen molar-refractivity contribution in [3.05, 3.63) is 58.7 Å². The first-order chi connectivity index (χ1) is 14.5. The Bertz CT molecular complexity index is 1050. The zero-order chi connectivity index (χ0) is 22.9. The molecule has 9 heteroatoms. The minimum absolute atomic E-state index is 0.339. The summed E-state index contributed by atoms with van der Waals surface area (Å²) < 4.78 is 5.33. The second-order valence-electron chi connectivity index (χ2n) is 8.42. The van der Waals surface area contributed by atoms with Crippen molar-refractivity contribution in [3.63, 3.8) is 0 Å². The smallest absolute Gasteiger partial charge is 0.466 e. The van der Waals surface area contributed by atoms with E-state index in [9.17, 15) is 14.6 Å². The van der Waals surface area contributed by atoms with Crippen molar-refractivity contribution >= 4 is 30.5 Å². The molecule has 8 nitrogen and oxygen atoms in total. The number of nitrogens with zero attached hydrogens (tertiary/aromatic N) is 3. The monoisotopic (exact) mass is 422 g/mol. The van der Waals surface area contributed by atoms with Gasteiger partial charge in [0.1, 0.15) is 5.75 Å². The number of methoxy groups -OCH3 is 1. The first kappa shape index (κ1) is 22.4. The minimum atomic E-state index is -0.874. The van der Waals surface area contributed by atoms with Crippen LogP contribution in [0.5, 0.6) is 5.75 Å². The normalized spacial score (nSPS) is 13.0. The number of hydrazone groups is 1. The number of nitrogens with one attached hydrogen (secondary N) is 1. The van der Waals surface area contributed by atoms with Gasteiger partial charge in [0.25, 0.3) is 11.8 Å². The van der Waals surface area contributed by atoms with Crippen LogP contribution in [-0.4, -0.2) is 59.7 Å². The Morgan fingerprint density at radius 3 is 2.58 bits per heavy atom. The SMILES string of the molecule is COc1cccc(C(=O)N(NC(=O)c2ccc3c(c2)C=NN(C)B3O)C(C)(C)C)c1C. The van der Waals surface area contributed by atoms with E-state index in [4.69, 9.17) is 4.74 Å². The molecule has 31 heavy (non-hydrogen) atoms. The second-order valence-corrected chi connectivity index (χ2v) is 8.42. The number of benzene rings is 2. The van der Waals surface area contributed by atoms with E-state index in [1.807, 2.05) is 20.8 Å². The zero-order valence-electron chi connectivity index (χ0n) is 18.6. The molecule has 0 aliphatic carbocycles. The fourth-order valence-electron chi connectivity index (χ4n) is 3.36. The number of carbonyl (C=O) groups excluding carboxylic acids is 2. The number of rotatable bonds is 3. The molecule has 1 aliphatic heterocycles. The molecule has 0 radical (unpaired) electrons. The number of ether oxygens (including phenoxy) is 1. The summed E-state index contributed by atoms with van der Waals surface area (Å²) in [5.41, 5.74) is 4.86. The molecular formula is C22H27BN4O4. The number of hydrogen-bond acceptors (Lipinski definition) is 6. The molecule has 0 saturated heterocycles. The highest BCUT2D eigenvalue weighted by Gasteiger charge is 2.32. The Kier molecular flexibility index (Phi) is 6.08. The average molecular weight is 422 g/mol. The largest absolute Gasteiger partial charge is 0.496 e. The first-order valence-corrected chi connectivity index (χ1v) is 9.92. The molecule has 2 aromatic carbocycles. The molecular weight excluding hydrogens is 395 g/mol. The van der Waals surface area contributed by atoms with Crippen molar-refractivity contribution in [2.24, 2.45) is 5.10 Å². The lowest BCUT2D eigenvalue weighted by atomic mass is 9.70. The number of amides is 2. The Morgan fingerprint density at radius 1 is 1.23 bits per heavy atom.